The molecular weight excluding hydrogens is 460 g/mol. The molecule has 0 aliphatic heterocycles. The Labute approximate surface area is 202 Å². The second kappa shape index (κ2) is 11.8. The summed E-state index contributed by atoms with van der Waals surface area (Å²) in [7, 11) is 0. The van der Waals surface area contributed by atoms with Crippen LogP contribution < -0.4 is 15.0 Å². The Morgan fingerprint density at radius 3 is 2.26 bits per heavy atom. The van der Waals surface area contributed by atoms with E-state index < -0.39 is 11.9 Å². The van der Waals surface area contributed by atoms with Gasteiger partial charge in [-0.2, -0.15) is 8.78 Å². The number of ether oxygens (including phenoxy) is 1. The molecule has 1 N–H and O–H groups in total. The number of amides is 1. The molecule has 2 aromatic carbocycles. The van der Waals surface area contributed by atoms with Crippen molar-refractivity contribution in [3.8, 4) is 17.1 Å². The molecule has 3 rings (SSSR count). The van der Waals surface area contributed by atoms with Crippen molar-refractivity contribution in [3.63, 3.8) is 0 Å². The third kappa shape index (κ3) is 6.25. The van der Waals surface area contributed by atoms with Crippen molar-refractivity contribution in [2.24, 2.45) is 0 Å². The minimum absolute atomic E-state index is 0.0316. The average Bonchev–Trinajstić information content (AvgIpc) is 3.23. The van der Waals surface area contributed by atoms with Gasteiger partial charge in [-0.25, -0.2) is 0 Å². The number of carbonyl (C=O) groups is 1. The van der Waals surface area contributed by atoms with Gasteiger partial charge >= 0.3 is 6.61 Å². The Morgan fingerprint density at radius 1 is 1.06 bits per heavy atom. The highest BCUT2D eigenvalue weighted by atomic mass is 32.2. The first-order valence-corrected chi connectivity index (χ1v) is 12.0. The zero-order valence-corrected chi connectivity index (χ0v) is 20.5. The van der Waals surface area contributed by atoms with Crippen LogP contribution in [0.25, 0.3) is 11.4 Å². The number of halogens is 2. The maximum Gasteiger partial charge on any atom is 0.387 e. The van der Waals surface area contributed by atoms with E-state index in [9.17, 15) is 13.6 Å². The molecule has 1 unspecified atom stereocenters. The smallest absolute Gasteiger partial charge is 0.387 e. The summed E-state index contributed by atoms with van der Waals surface area (Å²) in [6, 6.07) is 14.0. The van der Waals surface area contributed by atoms with Gasteiger partial charge in [-0.15, -0.1) is 10.2 Å². The number of anilines is 2. The zero-order chi connectivity index (χ0) is 24.7. The topological polar surface area (TPSA) is 72.3 Å². The molecule has 0 bridgehead atoms. The molecule has 1 heterocycles. The summed E-state index contributed by atoms with van der Waals surface area (Å²) in [5.41, 5.74) is 2.61. The molecule has 0 aliphatic carbocycles. The minimum atomic E-state index is -2.89. The number of thioether (sulfide) groups is 1. The largest absolute Gasteiger partial charge is 0.435 e. The van der Waals surface area contributed by atoms with E-state index in [1.165, 1.54) is 36.0 Å². The molecule has 10 heteroatoms. The molecule has 1 atom stereocenters. The monoisotopic (exact) mass is 489 g/mol. The maximum atomic E-state index is 12.7. The molecule has 182 valence electrons. The van der Waals surface area contributed by atoms with E-state index in [0.717, 1.165) is 30.2 Å². The molecule has 0 radical (unpaired) electrons. The van der Waals surface area contributed by atoms with E-state index in [1.807, 2.05) is 23.6 Å². The highest BCUT2D eigenvalue weighted by Crippen LogP contribution is 2.29. The van der Waals surface area contributed by atoms with Gasteiger partial charge in [0.15, 0.2) is 11.0 Å². The molecule has 0 spiro atoms. The molecule has 3 aromatic rings. The minimum Gasteiger partial charge on any atom is -0.435 e. The van der Waals surface area contributed by atoms with Gasteiger partial charge in [0.25, 0.3) is 0 Å². The molecule has 7 nitrogen and oxygen atoms in total. The highest BCUT2D eigenvalue weighted by molar-refractivity contribution is 8.00. The van der Waals surface area contributed by atoms with Crippen LogP contribution in [-0.4, -0.2) is 45.6 Å². The van der Waals surface area contributed by atoms with Crippen molar-refractivity contribution in [1.29, 1.82) is 0 Å². The van der Waals surface area contributed by atoms with Crippen LogP contribution in [0.2, 0.25) is 0 Å². The summed E-state index contributed by atoms with van der Waals surface area (Å²) in [4.78, 5) is 14.9. The van der Waals surface area contributed by atoms with Crippen molar-refractivity contribution in [3.05, 3.63) is 48.5 Å². The summed E-state index contributed by atoms with van der Waals surface area (Å²) in [6.45, 7) is 7.69. The Hall–Kier alpha value is -3.14. The molecule has 1 amide bonds. The van der Waals surface area contributed by atoms with Gasteiger partial charge in [0.05, 0.1) is 5.25 Å². The summed E-state index contributed by atoms with van der Waals surface area (Å²) < 4.78 is 30.9. The van der Waals surface area contributed by atoms with Crippen LogP contribution in [0.4, 0.5) is 20.2 Å². The number of hydrogen-bond acceptors (Lipinski definition) is 6. The predicted molar refractivity (Wildman–Crippen MR) is 132 cm³/mol. The van der Waals surface area contributed by atoms with Gasteiger partial charge in [-0.3, -0.25) is 4.79 Å². The first-order valence-electron chi connectivity index (χ1n) is 11.2. The Balaban J connectivity index is 1.68. The quantitative estimate of drug-likeness (QED) is 0.357. The third-order valence-corrected chi connectivity index (χ3v) is 6.37. The Kier molecular flexibility index (Phi) is 8.86. The fourth-order valence-electron chi connectivity index (χ4n) is 3.46. The van der Waals surface area contributed by atoms with Crippen LogP contribution in [0.1, 0.15) is 27.7 Å². The number of hydrogen-bond donors (Lipinski definition) is 1. The summed E-state index contributed by atoms with van der Waals surface area (Å²) in [6.07, 6.45) is 0. The lowest BCUT2D eigenvalue weighted by molar-refractivity contribution is -0.115. The van der Waals surface area contributed by atoms with E-state index >= 15 is 0 Å². The summed E-state index contributed by atoms with van der Waals surface area (Å²) in [5.74, 6) is 0.547. The third-order valence-electron chi connectivity index (χ3n) is 5.29. The van der Waals surface area contributed by atoms with Crippen LogP contribution >= 0.6 is 11.8 Å². The number of aromatic nitrogens is 3. The number of alkyl halides is 2. The lowest BCUT2D eigenvalue weighted by atomic mass is 10.2. The highest BCUT2D eigenvalue weighted by Gasteiger charge is 2.21. The van der Waals surface area contributed by atoms with E-state index in [-0.39, 0.29) is 11.7 Å². The Morgan fingerprint density at radius 2 is 1.71 bits per heavy atom. The number of nitrogens with one attached hydrogen (secondary N) is 1. The number of carbonyl (C=O) groups excluding carboxylic acids is 1. The van der Waals surface area contributed by atoms with E-state index in [0.29, 0.717) is 17.4 Å². The zero-order valence-electron chi connectivity index (χ0n) is 19.7. The van der Waals surface area contributed by atoms with Crippen LogP contribution in [0.3, 0.4) is 0 Å². The fourth-order valence-corrected chi connectivity index (χ4v) is 4.37. The summed E-state index contributed by atoms with van der Waals surface area (Å²) >= 11 is 1.31. The van der Waals surface area contributed by atoms with Crippen LogP contribution in [0.5, 0.6) is 5.75 Å². The van der Waals surface area contributed by atoms with E-state index in [1.54, 1.807) is 6.92 Å². The van der Waals surface area contributed by atoms with Crippen molar-refractivity contribution in [1.82, 2.24) is 14.8 Å². The van der Waals surface area contributed by atoms with Crippen LogP contribution in [0, 0.1) is 0 Å². The lowest BCUT2D eigenvalue weighted by Gasteiger charge is -2.21. The van der Waals surface area contributed by atoms with E-state index in [4.69, 9.17) is 0 Å². The predicted octanol–water partition coefficient (Wildman–Crippen LogP) is 5.53. The molecule has 0 saturated carbocycles. The fraction of sp³-hybridized carbons (Fsp3) is 0.375. The van der Waals surface area contributed by atoms with Crippen molar-refractivity contribution >= 4 is 29.0 Å². The normalized spacial score (nSPS) is 12.0. The van der Waals surface area contributed by atoms with E-state index in [2.05, 4.69) is 51.1 Å². The van der Waals surface area contributed by atoms with Gasteiger partial charge in [-0.05, 0) is 76.2 Å². The number of benzene rings is 2. The van der Waals surface area contributed by atoms with Gasteiger partial charge in [0.1, 0.15) is 5.75 Å². The molecule has 0 aliphatic rings. The number of nitrogens with zero attached hydrogens (tertiary/aromatic N) is 4. The maximum absolute atomic E-state index is 12.7. The molecular formula is C24H29F2N5O2S. The van der Waals surface area contributed by atoms with Crippen molar-refractivity contribution < 1.29 is 18.3 Å². The second-order valence-corrected chi connectivity index (χ2v) is 8.73. The van der Waals surface area contributed by atoms with Gasteiger partial charge in [0, 0.05) is 36.6 Å². The first kappa shape index (κ1) is 25.5. The van der Waals surface area contributed by atoms with Gasteiger partial charge in [0.2, 0.25) is 5.91 Å². The number of rotatable bonds is 11. The molecule has 0 fully saturated rings. The van der Waals surface area contributed by atoms with Gasteiger partial charge < -0.3 is 19.5 Å². The molecule has 0 saturated heterocycles. The van der Waals surface area contributed by atoms with Crippen LogP contribution in [0.15, 0.2) is 53.7 Å². The SMILES string of the molecule is CCN(CC)c1ccc(-c2nnc(SC(C)C(=O)Nc3ccc(OC(F)F)cc3)n2CC)cc1. The van der Waals surface area contributed by atoms with Crippen LogP contribution in [-0.2, 0) is 11.3 Å². The van der Waals surface area contributed by atoms with Gasteiger partial charge in [-0.1, -0.05) is 11.8 Å². The van der Waals surface area contributed by atoms with Crippen molar-refractivity contribution in [2.75, 3.05) is 23.3 Å². The lowest BCUT2D eigenvalue weighted by Crippen LogP contribution is -2.23. The Bertz CT molecular complexity index is 1070. The molecule has 34 heavy (non-hydrogen) atoms. The molecule has 1 aromatic heterocycles. The standard InChI is InChI=1S/C24H29F2N5O2S/c1-5-30(6-2)19-12-8-17(9-13-19)21-28-29-24(31(21)7-3)34-16(4)22(32)27-18-10-14-20(15-11-18)33-23(25)26/h8-16,23H,5-7H2,1-4H3,(H,27,32). The van der Waals surface area contributed by atoms with Crippen molar-refractivity contribution in [2.45, 2.75) is 51.3 Å². The second-order valence-electron chi connectivity index (χ2n) is 7.42. The summed E-state index contributed by atoms with van der Waals surface area (Å²) in [5, 5.41) is 11.7. The average molecular weight is 490 g/mol. The first-order chi connectivity index (χ1) is 16.4.